The Balaban J connectivity index is 1.69. The van der Waals surface area contributed by atoms with Gasteiger partial charge in [-0.3, -0.25) is 14.4 Å². The second kappa shape index (κ2) is 8.43. The van der Waals surface area contributed by atoms with Crippen molar-refractivity contribution in [3.8, 4) is 0 Å². The Morgan fingerprint density at radius 3 is 2.56 bits per heavy atom. The van der Waals surface area contributed by atoms with Crippen molar-refractivity contribution in [1.82, 2.24) is 10.2 Å². The number of carbonyl (C=O) groups excluding carboxylic acids is 3. The van der Waals surface area contributed by atoms with E-state index in [1.807, 2.05) is 39.0 Å². The Kier molecular flexibility index (Phi) is 6.11. The van der Waals surface area contributed by atoms with Crippen LogP contribution in [-0.2, 0) is 19.1 Å². The van der Waals surface area contributed by atoms with Gasteiger partial charge in [0.2, 0.25) is 17.7 Å². The van der Waals surface area contributed by atoms with E-state index in [0.717, 1.165) is 0 Å². The van der Waals surface area contributed by atoms with E-state index in [-0.39, 0.29) is 35.7 Å². The molecule has 0 aliphatic carbocycles. The average Bonchev–Trinajstić information content (AvgIpc) is 3.29. The summed E-state index contributed by atoms with van der Waals surface area (Å²) < 4.78 is 6.40. The fourth-order valence-corrected chi connectivity index (χ4v) is 6.34. The lowest BCUT2D eigenvalue weighted by atomic mass is 9.70. The number of benzene rings is 1. The molecule has 3 saturated heterocycles. The van der Waals surface area contributed by atoms with Crippen LogP contribution in [0.4, 0.5) is 5.69 Å². The minimum Gasteiger partial charge on any atom is -0.396 e. The molecule has 4 rings (SSSR count). The Morgan fingerprint density at radius 1 is 1.25 bits per heavy atom. The molecule has 0 aromatic heterocycles. The smallest absolute Gasteiger partial charge is 0.246 e. The summed E-state index contributed by atoms with van der Waals surface area (Å²) >= 11 is 3.64. The van der Waals surface area contributed by atoms with Crippen LogP contribution in [0.1, 0.15) is 33.6 Å². The maximum Gasteiger partial charge on any atom is 0.246 e. The van der Waals surface area contributed by atoms with Crippen molar-refractivity contribution in [2.24, 2.45) is 11.8 Å². The Morgan fingerprint density at radius 2 is 1.94 bits per heavy atom. The summed E-state index contributed by atoms with van der Waals surface area (Å²) in [5, 5.41) is 15.3. The summed E-state index contributed by atoms with van der Waals surface area (Å²) in [5.74, 6) is -2.31. The molecule has 1 aromatic rings. The van der Waals surface area contributed by atoms with Crippen LogP contribution in [0.3, 0.4) is 0 Å². The Bertz CT molecular complexity index is 905. The lowest BCUT2D eigenvalue weighted by molar-refractivity contribution is -0.142. The number of halogens is 1. The monoisotopic (exact) mass is 507 g/mol. The molecule has 9 heteroatoms. The number of aliphatic hydroxyl groups excluding tert-OH is 1. The van der Waals surface area contributed by atoms with Crippen molar-refractivity contribution in [2.45, 2.75) is 61.7 Å². The topological polar surface area (TPSA) is 108 Å². The van der Waals surface area contributed by atoms with Crippen LogP contribution in [0.2, 0.25) is 0 Å². The number of alkyl halides is 1. The van der Waals surface area contributed by atoms with E-state index in [2.05, 4.69) is 26.6 Å². The molecule has 3 aliphatic heterocycles. The third kappa shape index (κ3) is 3.84. The molecular weight excluding hydrogens is 478 g/mol. The van der Waals surface area contributed by atoms with Gasteiger partial charge >= 0.3 is 0 Å². The number of rotatable bonds is 6. The van der Waals surface area contributed by atoms with E-state index in [1.165, 1.54) is 4.90 Å². The highest BCUT2D eigenvalue weighted by molar-refractivity contribution is 9.09. The zero-order valence-corrected chi connectivity index (χ0v) is 20.1. The minimum absolute atomic E-state index is 0.0997. The number of likely N-dealkylation sites (tertiary alicyclic amines) is 1. The van der Waals surface area contributed by atoms with Gasteiger partial charge in [0.1, 0.15) is 11.6 Å². The van der Waals surface area contributed by atoms with Gasteiger partial charge in [-0.25, -0.2) is 0 Å². The Labute approximate surface area is 196 Å². The zero-order valence-electron chi connectivity index (χ0n) is 18.5. The first-order valence-electron chi connectivity index (χ1n) is 11.0. The quantitative estimate of drug-likeness (QED) is 0.507. The average molecular weight is 508 g/mol. The zero-order chi connectivity index (χ0) is 23.3. The highest BCUT2D eigenvalue weighted by Gasteiger charge is 2.76. The molecule has 3 aliphatic rings. The van der Waals surface area contributed by atoms with Crippen molar-refractivity contribution in [3.63, 3.8) is 0 Å². The number of para-hydroxylation sites is 1. The van der Waals surface area contributed by atoms with E-state index >= 15 is 0 Å². The van der Waals surface area contributed by atoms with E-state index in [9.17, 15) is 19.5 Å². The molecule has 1 aromatic carbocycles. The number of hydrogen-bond donors (Lipinski definition) is 3. The van der Waals surface area contributed by atoms with Crippen LogP contribution in [0, 0.1) is 11.8 Å². The lowest BCUT2D eigenvalue weighted by Crippen LogP contribution is -2.58. The van der Waals surface area contributed by atoms with E-state index in [4.69, 9.17) is 4.74 Å². The number of hydrogen-bond acceptors (Lipinski definition) is 5. The molecule has 8 nitrogen and oxygen atoms in total. The standard InChI is InChI=1S/C23H30BrN3O5/c1-22(2,3)26-20(30)18-23-12-14(24)17(32-23)15(16(23)21(31)27(18)10-7-11-28)19(29)25-13-8-5-4-6-9-13/h4-6,8-9,14-18,28H,7,10-12H2,1-3H3,(H,25,29)(H,26,30)/t14?,15-,16-,17-,18?,23?/m0/s1. The molecular formula is C23H30BrN3O5. The molecule has 3 N–H and O–H groups in total. The number of carbonyl (C=O) groups is 3. The number of amides is 3. The van der Waals surface area contributed by atoms with Crippen molar-refractivity contribution in [1.29, 1.82) is 0 Å². The molecule has 32 heavy (non-hydrogen) atoms. The highest BCUT2D eigenvalue weighted by Crippen LogP contribution is 2.60. The summed E-state index contributed by atoms with van der Waals surface area (Å²) in [7, 11) is 0. The number of anilines is 1. The molecule has 3 heterocycles. The summed E-state index contributed by atoms with van der Waals surface area (Å²) in [5.41, 5.74) is -0.934. The number of fused-ring (bicyclic) bond motifs is 1. The van der Waals surface area contributed by atoms with Gasteiger partial charge in [-0.05, 0) is 45.7 Å². The van der Waals surface area contributed by atoms with Gasteiger partial charge < -0.3 is 25.4 Å². The first-order valence-corrected chi connectivity index (χ1v) is 11.9. The van der Waals surface area contributed by atoms with Gasteiger partial charge in [-0.1, -0.05) is 34.1 Å². The third-order valence-corrected chi connectivity index (χ3v) is 7.28. The van der Waals surface area contributed by atoms with E-state index < -0.39 is 35.1 Å². The molecule has 0 saturated carbocycles. The van der Waals surface area contributed by atoms with Crippen LogP contribution in [-0.4, -0.2) is 69.0 Å². The van der Waals surface area contributed by atoms with Gasteiger partial charge in [0.15, 0.2) is 0 Å². The number of aliphatic hydroxyl groups is 1. The Hall–Kier alpha value is -1.97. The lowest BCUT2D eigenvalue weighted by Gasteiger charge is -2.35. The van der Waals surface area contributed by atoms with E-state index in [1.54, 1.807) is 12.1 Å². The number of ether oxygens (including phenoxy) is 1. The van der Waals surface area contributed by atoms with Crippen LogP contribution in [0.25, 0.3) is 0 Å². The van der Waals surface area contributed by atoms with Crippen LogP contribution >= 0.6 is 15.9 Å². The van der Waals surface area contributed by atoms with Gasteiger partial charge in [-0.2, -0.15) is 0 Å². The molecule has 3 amide bonds. The van der Waals surface area contributed by atoms with Gasteiger partial charge in [0, 0.05) is 29.2 Å². The molecule has 2 bridgehead atoms. The summed E-state index contributed by atoms with van der Waals surface area (Å²) in [4.78, 5) is 41.7. The second-order valence-electron chi connectivity index (χ2n) is 9.87. The number of nitrogens with one attached hydrogen (secondary N) is 2. The summed E-state index contributed by atoms with van der Waals surface area (Å²) in [6, 6.07) is 8.23. The molecule has 3 fully saturated rings. The fourth-order valence-electron chi connectivity index (χ4n) is 5.40. The predicted octanol–water partition coefficient (Wildman–Crippen LogP) is 1.67. The normalized spacial score (nSPS) is 33.3. The van der Waals surface area contributed by atoms with Crippen molar-refractivity contribution in [3.05, 3.63) is 30.3 Å². The molecule has 0 radical (unpaired) electrons. The van der Waals surface area contributed by atoms with E-state index in [0.29, 0.717) is 18.5 Å². The first kappa shape index (κ1) is 23.2. The second-order valence-corrected chi connectivity index (χ2v) is 11.0. The van der Waals surface area contributed by atoms with Gasteiger partial charge in [-0.15, -0.1) is 0 Å². The molecule has 6 atom stereocenters. The maximum absolute atomic E-state index is 13.6. The SMILES string of the molecule is CC(C)(C)NC(=O)C1N(CCCO)C(=O)[C@@H]2[C@H](C(=O)Nc3ccccc3)[C@H]3OC12CC3Br. The molecule has 174 valence electrons. The van der Waals surface area contributed by atoms with Crippen LogP contribution in [0.5, 0.6) is 0 Å². The first-order chi connectivity index (χ1) is 15.1. The summed E-state index contributed by atoms with van der Waals surface area (Å²) in [6.07, 6.45) is 0.300. The maximum atomic E-state index is 13.6. The predicted molar refractivity (Wildman–Crippen MR) is 122 cm³/mol. The van der Waals surface area contributed by atoms with Crippen LogP contribution in [0.15, 0.2) is 30.3 Å². The largest absolute Gasteiger partial charge is 0.396 e. The number of nitrogens with zero attached hydrogens (tertiary/aromatic N) is 1. The van der Waals surface area contributed by atoms with Crippen molar-refractivity contribution >= 4 is 39.3 Å². The van der Waals surface area contributed by atoms with Crippen molar-refractivity contribution in [2.75, 3.05) is 18.5 Å². The molecule has 1 spiro atoms. The third-order valence-electron chi connectivity index (χ3n) is 6.44. The van der Waals surface area contributed by atoms with Gasteiger partial charge in [0.25, 0.3) is 0 Å². The van der Waals surface area contributed by atoms with Gasteiger partial charge in [0.05, 0.1) is 17.9 Å². The highest BCUT2D eigenvalue weighted by atomic mass is 79.9. The van der Waals surface area contributed by atoms with Crippen molar-refractivity contribution < 1.29 is 24.2 Å². The molecule has 3 unspecified atom stereocenters. The summed E-state index contributed by atoms with van der Waals surface area (Å²) in [6.45, 7) is 5.77. The van der Waals surface area contributed by atoms with Crippen LogP contribution < -0.4 is 10.6 Å². The fraction of sp³-hybridized carbons (Fsp3) is 0.609. The minimum atomic E-state index is -1.08.